The van der Waals surface area contributed by atoms with Crippen molar-refractivity contribution in [1.29, 1.82) is 5.26 Å². The summed E-state index contributed by atoms with van der Waals surface area (Å²) in [6.07, 6.45) is 3.60. The first-order valence-electron chi connectivity index (χ1n) is 6.20. The summed E-state index contributed by atoms with van der Waals surface area (Å²) in [6, 6.07) is 5.81. The number of pyridine rings is 1. The highest BCUT2D eigenvalue weighted by atomic mass is 16.2. The zero-order valence-electron chi connectivity index (χ0n) is 9.97. The van der Waals surface area contributed by atoms with Gasteiger partial charge in [0.15, 0.2) is 0 Å². The van der Waals surface area contributed by atoms with Crippen LogP contribution in [0.1, 0.15) is 18.4 Å². The molecule has 2 fully saturated rings. The second-order valence-electron chi connectivity index (χ2n) is 4.77. The van der Waals surface area contributed by atoms with Gasteiger partial charge in [0.1, 0.15) is 5.82 Å². The van der Waals surface area contributed by atoms with Crippen LogP contribution >= 0.6 is 0 Å². The third kappa shape index (κ3) is 1.70. The van der Waals surface area contributed by atoms with Crippen LogP contribution in [0.15, 0.2) is 18.3 Å². The van der Waals surface area contributed by atoms with Crippen LogP contribution < -0.4 is 10.2 Å². The van der Waals surface area contributed by atoms with Crippen molar-refractivity contribution in [1.82, 2.24) is 10.3 Å². The number of fused-ring (bicyclic) bond motifs is 1. The van der Waals surface area contributed by atoms with Crippen molar-refractivity contribution >= 4 is 11.7 Å². The molecule has 2 aliphatic heterocycles. The monoisotopic (exact) mass is 242 g/mol. The Morgan fingerprint density at radius 2 is 2.44 bits per heavy atom. The summed E-state index contributed by atoms with van der Waals surface area (Å²) in [5.41, 5.74) is 0.611. The Kier molecular flexibility index (Phi) is 2.63. The molecular formula is C13H14N4O. The Morgan fingerprint density at radius 1 is 1.56 bits per heavy atom. The molecule has 5 heteroatoms. The zero-order chi connectivity index (χ0) is 12.5. The average molecular weight is 242 g/mol. The fourth-order valence-electron chi connectivity index (χ4n) is 2.88. The Balaban J connectivity index is 1.91. The lowest BCUT2D eigenvalue weighted by Gasteiger charge is -2.36. The molecule has 3 rings (SSSR count). The van der Waals surface area contributed by atoms with Gasteiger partial charge in [-0.05, 0) is 25.0 Å². The molecule has 0 bridgehead atoms. The number of rotatable bonds is 1. The first kappa shape index (κ1) is 11.0. The third-order valence-electron chi connectivity index (χ3n) is 3.77. The zero-order valence-corrected chi connectivity index (χ0v) is 9.97. The lowest BCUT2D eigenvalue weighted by molar-refractivity contribution is -0.122. The smallest absolute Gasteiger partial charge is 0.225 e. The van der Waals surface area contributed by atoms with Crippen molar-refractivity contribution in [3.8, 4) is 6.07 Å². The van der Waals surface area contributed by atoms with Gasteiger partial charge in [-0.2, -0.15) is 5.26 Å². The van der Waals surface area contributed by atoms with E-state index in [0.29, 0.717) is 12.1 Å². The second kappa shape index (κ2) is 4.30. The van der Waals surface area contributed by atoms with Gasteiger partial charge in [0.2, 0.25) is 5.91 Å². The minimum Gasteiger partial charge on any atom is -0.354 e. The van der Waals surface area contributed by atoms with Crippen molar-refractivity contribution in [2.75, 3.05) is 18.0 Å². The van der Waals surface area contributed by atoms with Crippen LogP contribution in [0.2, 0.25) is 0 Å². The number of nitriles is 1. The van der Waals surface area contributed by atoms with Gasteiger partial charge in [-0.15, -0.1) is 0 Å². The van der Waals surface area contributed by atoms with Gasteiger partial charge < -0.3 is 10.2 Å². The maximum atomic E-state index is 11.7. The van der Waals surface area contributed by atoms with Crippen molar-refractivity contribution in [2.45, 2.75) is 18.9 Å². The number of anilines is 1. The Morgan fingerprint density at radius 3 is 3.28 bits per heavy atom. The predicted octanol–water partition coefficient (Wildman–Crippen LogP) is 0.668. The maximum Gasteiger partial charge on any atom is 0.225 e. The van der Waals surface area contributed by atoms with Gasteiger partial charge in [-0.25, -0.2) is 4.98 Å². The predicted molar refractivity (Wildman–Crippen MR) is 65.8 cm³/mol. The van der Waals surface area contributed by atoms with Gasteiger partial charge in [-0.3, -0.25) is 4.79 Å². The van der Waals surface area contributed by atoms with Crippen LogP contribution in [0.25, 0.3) is 0 Å². The van der Waals surface area contributed by atoms with Gasteiger partial charge in [0.25, 0.3) is 0 Å². The van der Waals surface area contributed by atoms with E-state index in [9.17, 15) is 4.79 Å². The molecule has 2 saturated heterocycles. The lowest BCUT2D eigenvalue weighted by Crippen LogP contribution is -2.46. The van der Waals surface area contributed by atoms with Gasteiger partial charge in [0, 0.05) is 19.3 Å². The molecule has 1 N–H and O–H groups in total. The normalized spacial score (nSPS) is 26.4. The summed E-state index contributed by atoms with van der Waals surface area (Å²) >= 11 is 0. The Labute approximate surface area is 105 Å². The Hall–Kier alpha value is -2.09. The number of aromatic nitrogens is 1. The van der Waals surface area contributed by atoms with Crippen LogP contribution in [-0.2, 0) is 4.79 Å². The molecule has 2 unspecified atom stereocenters. The van der Waals surface area contributed by atoms with E-state index in [1.807, 2.05) is 0 Å². The molecule has 3 heterocycles. The van der Waals surface area contributed by atoms with Crippen LogP contribution in [0, 0.1) is 17.2 Å². The topological polar surface area (TPSA) is 69.0 Å². The molecule has 1 aromatic heterocycles. The number of hydrogen-bond donors (Lipinski definition) is 1. The van der Waals surface area contributed by atoms with Crippen molar-refractivity contribution in [3.63, 3.8) is 0 Å². The summed E-state index contributed by atoms with van der Waals surface area (Å²) in [6.45, 7) is 1.58. The van der Waals surface area contributed by atoms with Crippen molar-refractivity contribution in [3.05, 3.63) is 23.9 Å². The average Bonchev–Trinajstić information content (AvgIpc) is 2.81. The van der Waals surface area contributed by atoms with Crippen LogP contribution in [0.4, 0.5) is 5.82 Å². The van der Waals surface area contributed by atoms with E-state index < -0.39 is 0 Å². The number of carbonyl (C=O) groups is 1. The minimum absolute atomic E-state index is 0.0753. The summed E-state index contributed by atoms with van der Waals surface area (Å²) in [4.78, 5) is 18.2. The quantitative estimate of drug-likeness (QED) is 0.785. The highest BCUT2D eigenvalue weighted by molar-refractivity contribution is 5.83. The maximum absolute atomic E-state index is 11.7. The standard InChI is InChI=1S/C13H14N4O/c14-7-9-3-4-15-12(6-9)17-5-1-2-10-11(17)8-16-13(10)18/h3-4,6,10-11H,1-2,5,8H2,(H,16,18). The van der Waals surface area contributed by atoms with Crippen molar-refractivity contribution in [2.24, 2.45) is 5.92 Å². The number of carbonyl (C=O) groups excluding carboxylic acids is 1. The molecule has 0 radical (unpaired) electrons. The summed E-state index contributed by atoms with van der Waals surface area (Å²) in [7, 11) is 0. The number of piperidine rings is 1. The lowest BCUT2D eigenvalue weighted by atomic mass is 9.91. The molecule has 0 saturated carbocycles. The fraction of sp³-hybridized carbons (Fsp3) is 0.462. The van der Waals surface area contributed by atoms with Crippen molar-refractivity contribution < 1.29 is 4.79 Å². The molecule has 1 amide bonds. The first-order chi connectivity index (χ1) is 8.79. The molecule has 18 heavy (non-hydrogen) atoms. The third-order valence-corrected chi connectivity index (χ3v) is 3.77. The number of hydrogen-bond acceptors (Lipinski definition) is 4. The molecule has 0 aliphatic carbocycles. The van der Waals surface area contributed by atoms with E-state index in [1.165, 1.54) is 0 Å². The van der Waals surface area contributed by atoms with E-state index in [0.717, 1.165) is 25.2 Å². The highest BCUT2D eigenvalue weighted by Crippen LogP contribution is 2.30. The molecule has 5 nitrogen and oxygen atoms in total. The molecule has 1 aromatic rings. The fourth-order valence-corrected chi connectivity index (χ4v) is 2.88. The van der Waals surface area contributed by atoms with E-state index in [4.69, 9.17) is 5.26 Å². The minimum atomic E-state index is 0.0753. The van der Waals surface area contributed by atoms with E-state index in [-0.39, 0.29) is 17.9 Å². The van der Waals surface area contributed by atoms with E-state index in [2.05, 4.69) is 21.3 Å². The van der Waals surface area contributed by atoms with Gasteiger partial charge in [0.05, 0.1) is 23.6 Å². The SMILES string of the molecule is N#Cc1ccnc(N2CCCC3C(=O)NCC32)c1. The molecule has 92 valence electrons. The molecule has 2 atom stereocenters. The second-order valence-corrected chi connectivity index (χ2v) is 4.77. The summed E-state index contributed by atoms with van der Waals surface area (Å²) < 4.78 is 0. The first-order valence-corrected chi connectivity index (χ1v) is 6.20. The van der Waals surface area contributed by atoms with Crippen LogP contribution in [0.5, 0.6) is 0 Å². The molecule has 2 aliphatic rings. The number of nitrogens with zero attached hydrogens (tertiary/aromatic N) is 3. The van der Waals surface area contributed by atoms with E-state index in [1.54, 1.807) is 18.3 Å². The molecule has 0 aromatic carbocycles. The number of nitrogens with one attached hydrogen (secondary N) is 1. The van der Waals surface area contributed by atoms with Crippen LogP contribution in [-0.4, -0.2) is 30.0 Å². The molecular weight excluding hydrogens is 228 g/mol. The summed E-state index contributed by atoms with van der Waals surface area (Å²) in [5.74, 6) is 1.03. The Bertz CT molecular complexity index is 522. The largest absolute Gasteiger partial charge is 0.354 e. The van der Waals surface area contributed by atoms with Gasteiger partial charge >= 0.3 is 0 Å². The number of amides is 1. The van der Waals surface area contributed by atoms with E-state index >= 15 is 0 Å². The van der Waals surface area contributed by atoms with Gasteiger partial charge in [-0.1, -0.05) is 0 Å². The van der Waals surface area contributed by atoms with Crippen LogP contribution in [0.3, 0.4) is 0 Å². The summed E-state index contributed by atoms with van der Waals surface area (Å²) in [5, 5.41) is 11.8. The molecule has 0 spiro atoms. The highest BCUT2D eigenvalue weighted by Gasteiger charge is 2.41.